The maximum atomic E-state index is 11.4. The molecule has 13 heavy (non-hydrogen) atoms. The summed E-state index contributed by atoms with van der Waals surface area (Å²) in [5.74, 6) is 0.101. The smallest absolute Gasteiger partial charge is 0.360 e. The first-order chi connectivity index (χ1) is 6.12. The van der Waals surface area contributed by atoms with Gasteiger partial charge in [-0.1, -0.05) is 6.92 Å². The molecule has 0 spiro atoms. The van der Waals surface area contributed by atoms with Crippen molar-refractivity contribution in [2.45, 2.75) is 25.9 Å². The molecule has 0 amide bonds. The second kappa shape index (κ2) is 2.77. The molecule has 2 atom stereocenters. The molecule has 0 aromatic carbocycles. The topological polar surface area (TPSA) is 52.1 Å². The van der Waals surface area contributed by atoms with Gasteiger partial charge in [-0.05, 0) is 19.3 Å². The van der Waals surface area contributed by atoms with Gasteiger partial charge in [0.05, 0.1) is 17.9 Å². The van der Waals surface area contributed by atoms with Gasteiger partial charge >= 0.3 is 5.97 Å². The average Bonchev–Trinajstić information content (AvgIpc) is 2.58. The van der Waals surface area contributed by atoms with E-state index in [2.05, 4.69) is 15.7 Å². The highest BCUT2D eigenvalue weighted by Crippen LogP contribution is 2.46. The molecule has 0 saturated heterocycles. The molecule has 5 heteroatoms. The van der Waals surface area contributed by atoms with Crippen LogP contribution in [0.5, 0.6) is 0 Å². The number of hydrogen-bond donors (Lipinski definition) is 0. The van der Waals surface area contributed by atoms with E-state index >= 15 is 0 Å². The van der Waals surface area contributed by atoms with Gasteiger partial charge in [0.15, 0.2) is 5.69 Å². The first-order valence-electron chi connectivity index (χ1n) is 4.13. The lowest BCUT2D eigenvalue weighted by atomic mass is 10.3. The van der Waals surface area contributed by atoms with Crippen molar-refractivity contribution < 1.29 is 9.53 Å². The minimum atomic E-state index is -0.361. The van der Waals surface area contributed by atoms with Crippen molar-refractivity contribution in [1.82, 2.24) is 8.75 Å². The highest BCUT2D eigenvalue weighted by molar-refractivity contribution is 6.99. The standard InChI is InChI=1S/C8H10N2O2S/c1-5-3-8(5,2)12-7(11)6-4-9-13-10-6/h4-5H,3H2,1-2H3. The van der Waals surface area contributed by atoms with Gasteiger partial charge in [0.2, 0.25) is 0 Å². The zero-order valence-corrected chi connectivity index (χ0v) is 8.30. The Hall–Kier alpha value is -0.970. The molecule has 0 aliphatic heterocycles. The third-order valence-electron chi connectivity index (χ3n) is 2.49. The summed E-state index contributed by atoms with van der Waals surface area (Å²) >= 11 is 1.01. The van der Waals surface area contributed by atoms with Gasteiger partial charge in [-0.2, -0.15) is 8.75 Å². The summed E-state index contributed by atoms with van der Waals surface area (Å²) in [4.78, 5) is 11.4. The largest absolute Gasteiger partial charge is 0.454 e. The van der Waals surface area contributed by atoms with E-state index in [0.717, 1.165) is 18.1 Å². The summed E-state index contributed by atoms with van der Waals surface area (Å²) in [6.45, 7) is 4.00. The summed E-state index contributed by atoms with van der Waals surface area (Å²) in [5.41, 5.74) is 0.0473. The molecule has 1 aromatic rings. The van der Waals surface area contributed by atoms with Crippen LogP contribution in [0.15, 0.2) is 6.20 Å². The number of nitrogens with zero attached hydrogens (tertiary/aromatic N) is 2. The maximum absolute atomic E-state index is 11.4. The summed E-state index contributed by atoms with van der Waals surface area (Å²) in [6, 6.07) is 0. The second-order valence-electron chi connectivity index (χ2n) is 3.60. The molecule has 4 nitrogen and oxygen atoms in total. The number of hydrogen-bond acceptors (Lipinski definition) is 5. The lowest BCUT2D eigenvalue weighted by Gasteiger charge is -2.10. The molecule has 1 aromatic heterocycles. The van der Waals surface area contributed by atoms with Gasteiger partial charge in [-0.15, -0.1) is 0 Å². The average molecular weight is 198 g/mol. The number of aromatic nitrogens is 2. The van der Waals surface area contributed by atoms with Crippen molar-refractivity contribution >= 4 is 17.7 Å². The Labute approximate surface area is 80.3 Å². The van der Waals surface area contributed by atoms with Crippen LogP contribution in [-0.2, 0) is 4.74 Å². The van der Waals surface area contributed by atoms with Crippen LogP contribution in [0.2, 0.25) is 0 Å². The lowest BCUT2D eigenvalue weighted by Crippen LogP contribution is -2.18. The van der Waals surface area contributed by atoms with Crippen molar-refractivity contribution in [2.24, 2.45) is 5.92 Å². The van der Waals surface area contributed by atoms with Gasteiger partial charge in [-0.3, -0.25) is 0 Å². The Bertz CT molecular complexity index is 325. The monoisotopic (exact) mass is 198 g/mol. The van der Waals surface area contributed by atoms with E-state index in [1.165, 1.54) is 6.20 Å². The zero-order valence-electron chi connectivity index (χ0n) is 7.48. The van der Waals surface area contributed by atoms with Crippen molar-refractivity contribution in [2.75, 3.05) is 0 Å². The molecule has 0 bridgehead atoms. The molecular formula is C8H10N2O2S. The fourth-order valence-corrected chi connectivity index (χ4v) is 1.61. The third kappa shape index (κ3) is 1.56. The van der Waals surface area contributed by atoms with E-state index in [-0.39, 0.29) is 11.6 Å². The van der Waals surface area contributed by atoms with Crippen LogP contribution < -0.4 is 0 Å². The van der Waals surface area contributed by atoms with Crippen molar-refractivity contribution in [1.29, 1.82) is 0 Å². The Morgan fingerprint density at radius 3 is 3.00 bits per heavy atom. The molecule has 1 heterocycles. The third-order valence-corrected chi connectivity index (χ3v) is 2.97. The Balaban J connectivity index is 2.01. The fraction of sp³-hybridized carbons (Fsp3) is 0.625. The van der Waals surface area contributed by atoms with E-state index in [0.29, 0.717) is 11.6 Å². The molecule has 2 rings (SSSR count). The van der Waals surface area contributed by atoms with Gasteiger partial charge in [0.1, 0.15) is 5.60 Å². The summed E-state index contributed by atoms with van der Waals surface area (Å²) < 4.78 is 12.8. The maximum Gasteiger partial charge on any atom is 0.360 e. The van der Waals surface area contributed by atoms with Gasteiger partial charge < -0.3 is 4.74 Å². The predicted octanol–water partition coefficient (Wildman–Crippen LogP) is 1.49. The van der Waals surface area contributed by atoms with E-state index in [1.807, 2.05) is 6.92 Å². The SMILES string of the molecule is CC1CC1(C)OC(=O)c1cnsn1. The highest BCUT2D eigenvalue weighted by atomic mass is 32.1. The van der Waals surface area contributed by atoms with Gasteiger partial charge in [0.25, 0.3) is 0 Å². The van der Waals surface area contributed by atoms with Crippen molar-refractivity contribution in [3.8, 4) is 0 Å². The Morgan fingerprint density at radius 2 is 2.54 bits per heavy atom. The normalized spacial score (nSPS) is 31.4. The number of carbonyl (C=O) groups excluding carboxylic acids is 1. The summed E-state index contributed by atoms with van der Waals surface area (Å²) in [6.07, 6.45) is 2.37. The van der Waals surface area contributed by atoms with Crippen LogP contribution in [0.1, 0.15) is 30.8 Å². The predicted molar refractivity (Wildman–Crippen MR) is 47.5 cm³/mol. The minimum absolute atomic E-state index is 0.263. The quantitative estimate of drug-likeness (QED) is 0.676. The fourth-order valence-electron chi connectivity index (χ4n) is 1.21. The van der Waals surface area contributed by atoms with Crippen molar-refractivity contribution in [3.05, 3.63) is 11.9 Å². The first-order valence-corrected chi connectivity index (χ1v) is 4.86. The zero-order chi connectivity index (χ0) is 9.47. The van der Waals surface area contributed by atoms with Crippen LogP contribution in [0, 0.1) is 5.92 Å². The molecule has 2 unspecified atom stereocenters. The lowest BCUT2D eigenvalue weighted by molar-refractivity contribution is 0.0233. The molecule has 1 saturated carbocycles. The molecule has 1 fully saturated rings. The van der Waals surface area contributed by atoms with Crippen LogP contribution in [0.25, 0.3) is 0 Å². The molecule has 0 radical (unpaired) electrons. The Kier molecular flexibility index (Phi) is 1.83. The molecule has 1 aliphatic carbocycles. The van der Waals surface area contributed by atoms with Crippen LogP contribution in [0.4, 0.5) is 0 Å². The van der Waals surface area contributed by atoms with E-state index in [1.54, 1.807) is 0 Å². The molecule has 0 N–H and O–H groups in total. The summed E-state index contributed by atoms with van der Waals surface area (Å²) in [7, 11) is 0. The number of rotatable bonds is 2. The second-order valence-corrected chi connectivity index (χ2v) is 4.16. The minimum Gasteiger partial charge on any atom is -0.454 e. The summed E-state index contributed by atoms with van der Waals surface area (Å²) in [5, 5.41) is 0. The molecule has 70 valence electrons. The number of carbonyl (C=O) groups is 1. The molecular weight excluding hydrogens is 188 g/mol. The van der Waals surface area contributed by atoms with E-state index < -0.39 is 0 Å². The van der Waals surface area contributed by atoms with Crippen LogP contribution in [-0.4, -0.2) is 20.3 Å². The van der Waals surface area contributed by atoms with Crippen LogP contribution in [0.3, 0.4) is 0 Å². The first kappa shape index (κ1) is 8.62. The van der Waals surface area contributed by atoms with E-state index in [9.17, 15) is 4.79 Å². The molecule has 1 aliphatic rings. The van der Waals surface area contributed by atoms with Crippen LogP contribution >= 0.6 is 11.7 Å². The van der Waals surface area contributed by atoms with Gasteiger partial charge in [-0.25, -0.2) is 4.79 Å². The number of ether oxygens (including phenoxy) is 1. The van der Waals surface area contributed by atoms with Gasteiger partial charge in [0, 0.05) is 0 Å². The highest BCUT2D eigenvalue weighted by Gasteiger charge is 2.50. The number of esters is 1. The van der Waals surface area contributed by atoms with E-state index in [4.69, 9.17) is 4.74 Å². The van der Waals surface area contributed by atoms with Crippen molar-refractivity contribution in [3.63, 3.8) is 0 Å². The Morgan fingerprint density at radius 1 is 1.85 bits per heavy atom.